The van der Waals surface area contributed by atoms with E-state index in [1.54, 1.807) is 0 Å². The number of hydrogen-bond acceptors (Lipinski definition) is 3. The molecule has 0 radical (unpaired) electrons. The van der Waals surface area contributed by atoms with Crippen molar-refractivity contribution in [1.29, 1.82) is 0 Å². The number of nitrogens with two attached hydrogens (primary N) is 1. The molecule has 0 bridgehead atoms. The van der Waals surface area contributed by atoms with Gasteiger partial charge in [0.25, 0.3) is 0 Å². The molecule has 1 aliphatic carbocycles. The van der Waals surface area contributed by atoms with E-state index in [1.807, 2.05) is 0 Å². The average Bonchev–Trinajstić information content (AvgIpc) is 2.40. The number of rotatable bonds is 3. The molecule has 3 heteroatoms. The SMILES string of the molecule is CCC1CCCC(N)(CC(=O)OC)CC1. The van der Waals surface area contributed by atoms with Crippen LogP contribution in [0.15, 0.2) is 0 Å². The summed E-state index contributed by atoms with van der Waals surface area (Å²) in [6, 6.07) is 0. The molecule has 0 saturated heterocycles. The van der Waals surface area contributed by atoms with E-state index in [0.717, 1.165) is 31.6 Å². The van der Waals surface area contributed by atoms with Gasteiger partial charge in [-0.25, -0.2) is 0 Å². The Balaban J connectivity index is 2.50. The van der Waals surface area contributed by atoms with Crippen LogP contribution >= 0.6 is 0 Å². The molecule has 88 valence electrons. The Morgan fingerprint density at radius 1 is 1.47 bits per heavy atom. The van der Waals surface area contributed by atoms with E-state index < -0.39 is 0 Å². The highest BCUT2D eigenvalue weighted by atomic mass is 16.5. The molecule has 1 fully saturated rings. The highest BCUT2D eigenvalue weighted by molar-refractivity contribution is 5.70. The summed E-state index contributed by atoms with van der Waals surface area (Å²) < 4.78 is 4.69. The molecular formula is C12H23NO2. The lowest BCUT2D eigenvalue weighted by Gasteiger charge is -2.26. The number of carbonyl (C=O) groups excluding carboxylic acids is 1. The third-order valence-electron chi connectivity index (χ3n) is 3.64. The molecular weight excluding hydrogens is 190 g/mol. The first-order valence-corrected chi connectivity index (χ1v) is 5.95. The van der Waals surface area contributed by atoms with Crippen molar-refractivity contribution in [3.8, 4) is 0 Å². The van der Waals surface area contributed by atoms with Crippen molar-refractivity contribution in [2.24, 2.45) is 11.7 Å². The summed E-state index contributed by atoms with van der Waals surface area (Å²) in [5, 5.41) is 0. The van der Waals surface area contributed by atoms with Crippen LogP contribution in [0.4, 0.5) is 0 Å². The fraction of sp³-hybridized carbons (Fsp3) is 0.917. The van der Waals surface area contributed by atoms with Crippen LogP contribution in [-0.2, 0) is 9.53 Å². The van der Waals surface area contributed by atoms with Gasteiger partial charge >= 0.3 is 5.97 Å². The van der Waals surface area contributed by atoms with Crippen molar-refractivity contribution >= 4 is 5.97 Å². The van der Waals surface area contributed by atoms with Crippen molar-refractivity contribution < 1.29 is 9.53 Å². The Hall–Kier alpha value is -0.570. The quantitative estimate of drug-likeness (QED) is 0.578. The Morgan fingerprint density at radius 2 is 2.20 bits per heavy atom. The minimum Gasteiger partial charge on any atom is -0.469 e. The lowest BCUT2D eigenvalue weighted by Crippen LogP contribution is -2.41. The maximum atomic E-state index is 11.2. The van der Waals surface area contributed by atoms with Gasteiger partial charge in [0, 0.05) is 5.54 Å². The Labute approximate surface area is 92.4 Å². The topological polar surface area (TPSA) is 52.3 Å². The molecule has 1 saturated carbocycles. The summed E-state index contributed by atoms with van der Waals surface area (Å²) in [6.07, 6.45) is 7.08. The largest absolute Gasteiger partial charge is 0.469 e. The number of hydrogen-bond donors (Lipinski definition) is 1. The van der Waals surface area contributed by atoms with E-state index in [2.05, 4.69) is 6.92 Å². The van der Waals surface area contributed by atoms with Crippen LogP contribution in [0.3, 0.4) is 0 Å². The molecule has 0 aromatic carbocycles. The van der Waals surface area contributed by atoms with Gasteiger partial charge in [-0.15, -0.1) is 0 Å². The summed E-state index contributed by atoms with van der Waals surface area (Å²) >= 11 is 0. The molecule has 1 rings (SSSR count). The van der Waals surface area contributed by atoms with Crippen molar-refractivity contribution in [3.05, 3.63) is 0 Å². The molecule has 0 spiro atoms. The molecule has 0 heterocycles. The number of methoxy groups -OCH3 is 1. The van der Waals surface area contributed by atoms with Crippen molar-refractivity contribution in [3.63, 3.8) is 0 Å². The molecule has 2 atom stereocenters. The van der Waals surface area contributed by atoms with Gasteiger partial charge in [0.05, 0.1) is 13.5 Å². The smallest absolute Gasteiger partial charge is 0.307 e. The lowest BCUT2D eigenvalue weighted by molar-refractivity contribution is -0.142. The van der Waals surface area contributed by atoms with E-state index in [0.29, 0.717) is 6.42 Å². The first-order valence-electron chi connectivity index (χ1n) is 5.95. The molecule has 3 nitrogen and oxygen atoms in total. The van der Waals surface area contributed by atoms with Crippen LogP contribution in [0.1, 0.15) is 51.9 Å². The first-order chi connectivity index (χ1) is 7.09. The monoisotopic (exact) mass is 213 g/mol. The van der Waals surface area contributed by atoms with E-state index in [9.17, 15) is 4.79 Å². The summed E-state index contributed by atoms with van der Waals surface area (Å²) in [6.45, 7) is 2.23. The summed E-state index contributed by atoms with van der Waals surface area (Å²) in [5.41, 5.74) is 5.94. The van der Waals surface area contributed by atoms with Crippen LogP contribution in [0.2, 0.25) is 0 Å². The Morgan fingerprint density at radius 3 is 2.80 bits per heavy atom. The minimum atomic E-state index is -0.309. The van der Waals surface area contributed by atoms with E-state index in [-0.39, 0.29) is 11.5 Å². The van der Waals surface area contributed by atoms with E-state index >= 15 is 0 Å². The second kappa shape index (κ2) is 5.50. The number of carbonyl (C=O) groups is 1. The molecule has 0 aromatic heterocycles. The van der Waals surface area contributed by atoms with Crippen molar-refractivity contribution in [2.45, 2.75) is 57.4 Å². The zero-order chi connectivity index (χ0) is 11.3. The zero-order valence-electron chi connectivity index (χ0n) is 9.92. The minimum absolute atomic E-state index is 0.174. The maximum absolute atomic E-state index is 11.2. The summed E-state index contributed by atoms with van der Waals surface area (Å²) in [4.78, 5) is 11.2. The standard InChI is InChI=1S/C12H23NO2/c1-3-10-5-4-7-12(13,8-6-10)9-11(14)15-2/h10H,3-9,13H2,1-2H3. The highest BCUT2D eigenvalue weighted by Crippen LogP contribution is 2.32. The average molecular weight is 213 g/mol. The molecule has 15 heavy (non-hydrogen) atoms. The van der Waals surface area contributed by atoms with Gasteiger partial charge in [0.2, 0.25) is 0 Å². The molecule has 0 aromatic rings. The normalized spacial score (nSPS) is 32.1. The third-order valence-corrected chi connectivity index (χ3v) is 3.64. The van der Waals surface area contributed by atoms with Gasteiger partial charge in [-0.2, -0.15) is 0 Å². The van der Waals surface area contributed by atoms with Crippen molar-refractivity contribution in [2.75, 3.05) is 7.11 Å². The van der Waals surface area contributed by atoms with Crippen LogP contribution in [-0.4, -0.2) is 18.6 Å². The second-order valence-corrected chi connectivity index (χ2v) is 4.82. The number of esters is 1. The predicted molar refractivity (Wildman–Crippen MR) is 60.4 cm³/mol. The molecule has 2 unspecified atom stereocenters. The zero-order valence-corrected chi connectivity index (χ0v) is 9.92. The third kappa shape index (κ3) is 3.82. The summed E-state index contributed by atoms with van der Waals surface area (Å²) in [5.74, 6) is 0.625. The Bertz CT molecular complexity index is 218. The number of ether oxygens (including phenoxy) is 1. The Kier molecular flexibility index (Phi) is 4.58. The van der Waals surface area contributed by atoms with Gasteiger partial charge in [-0.3, -0.25) is 4.79 Å². The van der Waals surface area contributed by atoms with E-state index in [4.69, 9.17) is 10.5 Å². The fourth-order valence-electron chi connectivity index (χ4n) is 2.45. The van der Waals surface area contributed by atoms with Gasteiger partial charge in [-0.1, -0.05) is 26.2 Å². The fourth-order valence-corrected chi connectivity index (χ4v) is 2.45. The van der Waals surface area contributed by atoms with Crippen LogP contribution in [0, 0.1) is 5.92 Å². The molecule has 0 amide bonds. The van der Waals surface area contributed by atoms with Crippen LogP contribution < -0.4 is 5.73 Å². The van der Waals surface area contributed by atoms with Gasteiger partial charge in [0.15, 0.2) is 0 Å². The second-order valence-electron chi connectivity index (χ2n) is 4.82. The van der Waals surface area contributed by atoms with Gasteiger partial charge < -0.3 is 10.5 Å². The molecule has 0 aliphatic heterocycles. The first kappa shape index (κ1) is 12.5. The van der Waals surface area contributed by atoms with Crippen LogP contribution in [0.5, 0.6) is 0 Å². The molecule has 2 N–H and O–H groups in total. The lowest BCUT2D eigenvalue weighted by atomic mass is 9.87. The predicted octanol–water partition coefficient (Wildman–Crippen LogP) is 2.24. The van der Waals surface area contributed by atoms with E-state index in [1.165, 1.54) is 20.0 Å². The maximum Gasteiger partial charge on any atom is 0.307 e. The molecule has 1 aliphatic rings. The van der Waals surface area contributed by atoms with Gasteiger partial charge in [0.1, 0.15) is 0 Å². The van der Waals surface area contributed by atoms with Crippen LogP contribution in [0.25, 0.3) is 0 Å². The summed E-state index contributed by atoms with van der Waals surface area (Å²) in [7, 11) is 1.43. The van der Waals surface area contributed by atoms with Crippen molar-refractivity contribution in [1.82, 2.24) is 0 Å². The highest BCUT2D eigenvalue weighted by Gasteiger charge is 2.31. The van der Waals surface area contributed by atoms with Gasteiger partial charge in [-0.05, 0) is 25.2 Å².